The number of benzene rings is 3. The second-order valence-electron chi connectivity index (χ2n) is 5.75. The largest absolute Gasteiger partial charge is 0.475 e. The first-order valence-corrected chi connectivity index (χ1v) is 9.29. The van der Waals surface area contributed by atoms with Gasteiger partial charge in [0.1, 0.15) is 12.6 Å². The van der Waals surface area contributed by atoms with Crippen molar-refractivity contribution in [2.45, 2.75) is 15.8 Å². The van der Waals surface area contributed by atoms with Crippen molar-refractivity contribution in [1.29, 1.82) is 0 Å². The molecule has 0 saturated carbocycles. The minimum atomic E-state index is -1.27. The maximum atomic E-state index is 13.0. The maximum absolute atomic E-state index is 13.0. The Hall–Kier alpha value is -2.72. The first-order valence-electron chi connectivity index (χ1n) is 8.15. The molecule has 3 aromatic rings. The van der Waals surface area contributed by atoms with Crippen LogP contribution in [0.25, 0.3) is 0 Å². The van der Waals surface area contributed by atoms with E-state index in [2.05, 4.69) is 12.1 Å². The number of aliphatic imine (C=N–C) groups is 1. The predicted octanol–water partition coefficient (Wildman–Crippen LogP) is 4.37. The van der Waals surface area contributed by atoms with Crippen LogP contribution in [0.15, 0.2) is 99.7 Å². The number of nitrogens with zero attached hydrogens (tertiary/aromatic N) is 1. The highest BCUT2D eigenvalue weighted by atomic mass is 32.2. The molecule has 3 aromatic carbocycles. The zero-order valence-electron chi connectivity index (χ0n) is 13.5. The van der Waals surface area contributed by atoms with Gasteiger partial charge in [-0.1, -0.05) is 60.7 Å². The summed E-state index contributed by atoms with van der Waals surface area (Å²) >= 11 is 0. The van der Waals surface area contributed by atoms with Gasteiger partial charge in [0.15, 0.2) is 0 Å². The zero-order chi connectivity index (χ0) is 17.1. The van der Waals surface area contributed by atoms with Crippen molar-refractivity contribution in [2.24, 2.45) is 4.99 Å². The van der Waals surface area contributed by atoms with Crippen molar-refractivity contribution in [3.8, 4) is 0 Å². The van der Waals surface area contributed by atoms with Crippen molar-refractivity contribution in [3.05, 3.63) is 96.1 Å². The quantitative estimate of drug-likeness (QED) is 0.703. The third-order valence-corrected chi connectivity index (χ3v) is 5.57. The molecule has 0 fully saturated rings. The molecule has 2 unspecified atom stereocenters. The van der Waals surface area contributed by atoms with E-state index in [-0.39, 0.29) is 6.04 Å². The van der Waals surface area contributed by atoms with Gasteiger partial charge in [-0.2, -0.15) is 0 Å². The van der Waals surface area contributed by atoms with Crippen LogP contribution in [0, 0.1) is 0 Å². The zero-order valence-corrected chi connectivity index (χ0v) is 14.4. The van der Waals surface area contributed by atoms with E-state index in [0.717, 1.165) is 20.9 Å². The normalized spacial score (nSPS) is 17.6. The van der Waals surface area contributed by atoms with Gasteiger partial charge < -0.3 is 4.74 Å². The van der Waals surface area contributed by atoms with Crippen LogP contribution in [-0.4, -0.2) is 16.7 Å². The van der Waals surface area contributed by atoms with Gasteiger partial charge in [-0.25, -0.2) is 9.20 Å². The van der Waals surface area contributed by atoms with E-state index < -0.39 is 10.8 Å². The average Bonchev–Trinajstić information content (AvgIpc) is 3.19. The van der Waals surface area contributed by atoms with Crippen molar-refractivity contribution < 1.29 is 8.95 Å². The summed E-state index contributed by atoms with van der Waals surface area (Å²) in [5.74, 6) is 0.564. The van der Waals surface area contributed by atoms with Crippen LogP contribution in [0.1, 0.15) is 17.2 Å². The summed E-state index contributed by atoms with van der Waals surface area (Å²) in [4.78, 5) is 6.22. The lowest BCUT2D eigenvalue weighted by Gasteiger charge is -2.09. The smallest absolute Gasteiger partial charge is 0.218 e. The van der Waals surface area contributed by atoms with Crippen LogP contribution < -0.4 is 0 Å². The molecule has 0 aromatic heterocycles. The second kappa shape index (κ2) is 7.03. The fraction of sp³-hybridized carbons (Fsp3) is 0.0952. The van der Waals surface area contributed by atoms with Gasteiger partial charge >= 0.3 is 0 Å². The molecule has 2 atom stereocenters. The van der Waals surface area contributed by atoms with E-state index in [9.17, 15) is 4.21 Å². The Kier molecular flexibility index (Phi) is 4.44. The Morgan fingerprint density at radius 3 is 2.24 bits per heavy atom. The summed E-state index contributed by atoms with van der Waals surface area (Å²) in [5, 5.41) is 0. The van der Waals surface area contributed by atoms with Crippen LogP contribution in [-0.2, 0) is 15.5 Å². The highest BCUT2D eigenvalue weighted by Crippen LogP contribution is 2.28. The second-order valence-corrected chi connectivity index (χ2v) is 7.20. The monoisotopic (exact) mass is 347 g/mol. The van der Waals surface area contributed by atoms with Gasteiger partial charge in [-0.05, 0) is 29.8 Å². The van der Waals surface area contributed by atoms with Gasteiger partial charge in [-0.15, -0.1) is 0 Å². The molecule has 4 heteroatoms. The van der Waals surface area contributed by atoms with E-state index in [4.69, 9.17) is 9.73 Å². The summed E-state index contributed by atoms with van der Waals surface area (Å²) < 4.78 is 18.8. The average molecular weight is 347 g/mol. The van der Waals surface area contributed by atoms with E-state index in [1.54, 1.807) is 0 Å². The first-order chi connectivity index (χ1) is 12.3. The molecule has 0 bridgehead atoms. The van der Waals surface area contributed by atoms with Gasteiger partial charge in [0.05, 0.1) is 21.3 Å². The molecule has 1 aliphatic rings. The number of ether oxygens (including phenoxy) is 1. The van der Waals surface area contributed by atoms with Crippen molar-refractivity contribution >= 4 is 16.7 Å². The van der Waals surface area contributed by atoms with Crippen LogP contribution in [0.3, 0.4) is 0 Å². The lowest BCUT2D eigenvalue weighted by atomic mass is 10.1. The van der Waals surface area contributed by atoms with Crippen molar-refractivity contribution in [1.82, 2.24) is 0 Å². The third kappa shape index (κ3) is 3.26. The fourth-order valence-electron chi connectivity index (χ4n) is 2.84. The Balaban J connectivity index is 1.69. The highest BCUT2D eigenvalue weighted by molar-refractivity contribution is 7.85. The SMILES string of the molecule is O=S(c1ccccc1)c1ccccc1C1=NC(c2ccccc2)CO1. The topological polar surface area (TPSA) is 38.7 Å². The highest BCUT2D eigenvalue weighted by Gasteiger charge is 2.24. The predicted molar refractivity (Wildman–Crippen MR) is 99.2 cm³/mol. The van der Waals surface area contributed by atoms with Gasteiger partial charge in [0.2, 0.25) is 5.90 Å². The molecule has 1 heterocycles. The van der Waals surface area contributed by atoms with Crippen LogP contribution in [0.2, 0.25) is 0 Å². The molecule has 0 saturated heterocycles. The first kappa shape index (κ1) is 15.8. The number of hydrogen-bond acceptors (Lipinski definition) is 3. The minimum Gasteiger partial charge on any atom is -0.475 e. The molecule has 0 radical (unpaired) electrons. The van der Waals surface area contributed by atoms with E-state index in [1.807, 2.05) is 72.8 Å². The molecule has 4 rings (SSSR count). The van der Waals surface area contributed by atoms with Gasteiger partial charge in [0, 0.05) is 4.90 Å². The number of hydrogen-bond donors (Lipinski definition) is 0. The molecular weight excluding hydrogens is 330 g/mol. The molecule has 3 nitrogen and oxygen atoms in total. The molecular formula is C21H17NO2S. The third-order valence-electron chi connectivity index (χ3n) is 4.11. The van der Waals surface area contributed by atoms with E-state index in [1.165, 1.54) is 0 Å². The van der Waals surface area contributed by atoms with Crippen LogP contribution in [0.5, 0.6) is 0 Å². The Morgan fingerprint density at radius 1 is 0.840 bits per heavy atom. The minimum absolute atomic E-state index is 0.0191. The standard InChI is InChI=1S/C21H17NO2S/c23-25(17-11-5-2-6-12-17)20-14-8-7-13-18(20)21-22-19(15-24-21)16-9-3-1-4-10-16/h1-14,19H,15H2. The van der Waals surface area contributed by atoms with E-state index >= 15 is 0 Å². The van der Waals surface area contributed by atoms with Crippen molar-refractivity contribution in [2.75, 3.05) is 6.61 Å². The molecule has 0 amide bonds. The van der Waals surface area contributed by atoms with E-state index in [0.29, 0.717) is 12.5 Å². The Morgan fingerprint density at radius 2 is 1.48 bits per heavy atom. The molecule has 25 heavy (non-hydrogen) atoms. The van der Waals surface area contributed by atoms with Gasteiger partial charge in [0.25, 0.3) is 0 Å². The lowest BCUT2D eigenvalue weighted by molar-refractivity contribution is 0.319. The molecule has 1 aliphatic heterocycles. The van der Waals surface area contributed by atoms with Crippen LogP contribution >= 0.6 is 0 Å². The maximum Gasteiger partial charge on any atom is 0.218 e. The summed E-state index contributed by atoms with van der Waals surface area (Å²) in [5.41, 5.74) is 1.92. The summed E-state index contributed by atoms with van der Waals surface area (Å²) in [6, 6.07) is 27.1. The van der Waals surface area contributed by atoms with Crippen LogP contribution in [0.4, 0.5) is 0 Å². The molecule has 0 N–H and O–H groups in total. The number of rotatable bonds is 4. The van der Waals surface area contributed by atoms with Crippen molar-refractivity contribution in [3.63, 3.8) is 0 Å². The fourth-order valence-corrected chi connectivity index (χ4v) is 4.06. The summed E-state index contributed by atoms with van der Waals surface area (Å²) in [7, 11) is -1.27. The molecule has 0 spiro atoms. The summed E-state index contributed by atoms with van der Waals surface area (Å²) in [6.07, 6.45) is 0. The lowest BCUT2D eigenvalue weighted by Crippen LogP contribution is -2.07. The molecule has 0 aliphatic carbocycles. The Labute approximate surface area is 149 Å². The summed E-state index contributed by atoms with van der Waals surface area (Å²) in [6.45, 7) is 0.506. The molecule has 124 valence electrons. The Bertz CT molecular complexity index is 923. The van der Waals surface area contributed by atoms with Gasteiger partial charge in [-0.3, -0.25) is 0 Å².